The predicted octanol–water partition coefficient (Wildman–Crippen LogP) is 1.14. The molecule has 0 aromatic carbocycles. The maximum atomic E-state index is 12.4. The van der Waals surface area contributed by atoms with E-state index in [1.807, 2.05) is 0 Å². The van der Waals surface area contributed by atoms with Gasteiger partial charge < -0.3 is 19.3 Å². The molecule has 0 spiro atoms. The molecule has 2 bridgehead atoms. The quantitative estimate of drug-likeness (QED) is 0.595. The number of carbonyl (C=O) groups is 3. The van der Waals surface area contributed by atoms with Gasteiger partial charge in [-0.2, -0.15) is 0 Å². The molecule has 1 saturated heterocycles. The number of aliphatic hydroxyl groups excluding tert-OH is 1. The molecule has 0 radical (unpaired) electrons. The summed E-state index contributed by atoms with van der Waals surface area (Å²) in [6, 6.07) is 0. The molecule has 0 amide bonds. The lowest BCUT2D eigenvalue weighted by Gasteiger charge is -2.29. The standard InChI is InChI=1S/C19H20O7/c1-9(2)17(22)24-13-5-11(8-20)12-6-15(21)19(4,26-12)7-14-16(13)10(3)18(23)25-14/h5-6,13-14,16,20H,1,3,7-8H2,2,4H3/b11-5-/t13-,14-,16-,19+/m0/s1. The number of fused-ring (bicyclic) bond motifs is 3. The molecule has 7 nitrogen and oxygen atoms in total. The smallest absolute Gasteiger partial charge is 0.334 e. The summed E-state index contributed by atoms with van der Waals surface area (Å²) in [5.74, 6) is -2.01. The molecule has 26 heavy (non-hydrogen) atoms. The minimum absolute atomic E-state index is 0.0783. The zero-order valence-electron chi connectivity index (χ0n) is 14.6. The Morgan fingerprint density at radius 3 is 2.77 bits per heavy atom. The van der Waals surface area contributed by atoms with E-state index >= 15 is 0 Å². The van der Waals surface area contributed by atoms with Crippen LogP contribution in [-0.2, 0) is 28.6 Å². The molecule has 0 saturated carbocycles. The lowest BCUT2D eigenvalue weighted by molar-refractivity contribution is -0.148. The van der Waals surface area contributed by atoms with Gasteiger partial charge in [-0.25, -0.2) is 9.59 Å². The Morgan fingerprint density at radius 1 is 1.46 bits per heavy atom. The van der Waals surface area contributed by atoms with Gasteiger partial charge >= 0.3 is 11.9 Å². The minimum Gasteiger partial charge on any atom is -0.479 e. The lowest BCUT2D eigenvalue weighted by Crippen LogP contribution is -2.41. The van der Waals surface area contributed by atoms with Crippen molar-refractivity contribution in [2.24, 2.45) is 5.92 Å². The first kappa shape index (κ1) is 18.1. The van der Waals surface area contributed by atoms with Gasteiger partial charge in [0.15, 0.2) is 5.60 Å². The highest BCUT2D eigenvalue weighted by Crippen LogP contribution is 2.42. The molecule has 0 unspecified atom stereocenters. The number of carbonyl (C=O) groups excluding carboxylic acids is 3. The predicted molar refractivity (Wildman–Crippen MR) is 89.6 cm³/mol. The summed E-state index contributed by atoms with van der Waals surface area (Å²) in [4.78, 5) is 36.5. The van der Waals surface area contributed by atoms with E-state index in [-0.39, 0.29) is 34.7 Å². The van der Waals surface area contributed by atoms with Crippen LogP contribution in [0.25, 0.3) is 0 Å². The molecular formula is C19H20O7. The van der Waals surface area contributed by atoms with Crippen molar-refractivity contribution in [3.8, 4) is 0 Å². The summed E-state index contributed by atoms with van der Waals surface area (Å²) in [6.07, 6.45) is 1.17. The molecule has 3 aliphatic rings. The van der Waals surface area contributed by atoms with E-state index in [0.29, 0.717) is 0 Å². The molecule has 3 aliphatic heterocycles. The Balaban J connectivity index is 2.10. The van der Waals surface area contributed by atoms with Crippen molar-refractivity contribution < 1.29 is 33.7 Å². The van der Waals surface area contributed by atoms with E-state index < -0.39 is 42.3 Å². The summed E-state index contributed by atoms with van der Waals surface area (Å²) in [7, 11) is 0. The van der Waals surface area contributed by atoms with Crippen molar-refractivity contribution in [3.63, 3.8) is 0 Å². The second-order valence-corrected chi connectivity index (χ2v) is 6.90. The van der Waals surface area contributed by atoms with Crippen molar-refractivity contribution in [1.82, 2.24) is 0 Å². The Hall–Kier alpha value is -2.67. The number of ketones is 1. The highest BCUT2D eigenvalue weighted by molar-refractivity contribution is 6.00. The summed E-state index contributed by atoms with van der Waals surface area (Å²) < 4.78 is 16.6. The molecule has 1 fully saturated rings. The fraction of sp³-hybridized carbons (Fsp3) is 0.421. The molecule has 4 atom stereocenters. The van der Waals surface area contributed by atoms with Crippen LogP contribution < -0.4 is 0 Å². The summed E-state index contributed by atoms with van der Waals surface area (Å²) >= 11 is 0. The van der Waals surface area contributed by atoms with Gasteiger partial charge in [-0.15, -0.1) is 0 Å². The van der Waals surface area contributed by atoms with Crippen molar-refractivity contribution >= 4 is 17.7 Å². The molecule has 0 aromatic heterocycles. The van der Waals surface area contributed by atoms with Crippen LogP contribution in [0.2, 0.25) is 0 Å². The maximum absolute atomic E-state index is 12.4. The monoisotopic (exact) mass is 360 g/mol. The van der Waals surface area contributed by atoms with Crippen molar-refractivity contribution in [1.29, 1.82) is 0 Å². The van der Waals surface area contributed by atoms with Gasteiger partial charge in [0, 0.05) is 29.2 Å². The number of hydrogen-bond acceptors (Lipinski definition) is 7. The second-order valence-electron chi connectivity index (χ2n) is 6.90. The Labute approximate surface area is 150 Å². The van der Waals surface area contributed by atoms with Crippen LogP contribution in [0.4, 0.5) is 0 Å². The number of esters is 2. The van der Waals surface area contributed by atoms with E-state index in [4.69, 9.17) is 14.2 Å². The first-order chi connectivity index (χ1) is 12.2. The third kappa shape index (κ3) is 2.88. The summed E-state index contributed by atoms with van der Waals surface area (Å²) in [5, 5.41) is 9.73. The van der Waals surface area contributed by atoms with Crippen LogP contribution in [0.1, 0.15) is 20.3 Å². The van der Waals surface area contributed by atoms with Gasteiger partial charge in [0.1, 0.15) is 18.0 Å². The third-order valence-electron chi connectivity index (χ3n) is 4.83. The van der Waals surface area contributed by atoms with E-state index in [9.17, 15) is 19.5 Å². The average molecular weight is 360 g/mol. The second kappa shape index (κ2) is 6.25. The number of aliphatic hydroxyl groups is 1. The number of rotatable bonds is 3. The third-order valence-corrected chi connectivity index (χ3v) is 4.83. The van der Waals surface area contributed by atoms with Gasteiger partial charge in [-0.1, -0.05) is 13.2 Å². The van der Waals surface area contributed by atoms with E-state index in [1.165, 1.54) is 19.1 Å². The summed E-state index contributed by atoms with van der Waals surface area (Å²) in [5.41, 5.74) is -0.611. The number of hydrogen-bond donors (Lipinski definition) is 1. The molecular weight excluding hydrogens is 340 g/mol. The molecule has 0 aliphatic carbocycles. The van der Waals surface area contributed by atoms with Crippen LogP contribution >= 0.6 is 0 Å². The lowest BCUT2D eigenvalue weighted by atomic mass is 9.83. The molecule has 3 heterocycles. The summed E-state index contributed by atoms with van der Waals surface area (Å²) in [6.45, 7) is 9.98. The highest BCUT2D eigenvalue weighted by Gasteiger charge is 2.52. The average Bonchev–Trinajstić information content (AvgIpc) is 3.01. The zero-order chi connectivity index (χ0) is 19.2. The van der Waals surface area contributed by atoms with Gasteiger partial charge in [-0.05, 0) is 19.9 Å². The van der Waals surface area contributed by atoms with Gasteiger partial charge in [0.05, 0.1) is 12.5 Å². The molecule has 1 N–H and O–H groups in total. The number of ether oxygens (including phenoxy) is 3. The van der Waals surface area contributed by atoms with Crippen LogP contribution in [0.15, 0.2) is 47.8 Å². The first-order valence-electron chi connectivity index (χ1n) is 8.19. The minimum atomic E-state index is -1.23. The molecule has 3 rings (SSSR count). The van der Waals surface area contributed by atoms with Gasteiger partial charge in [0.25, 0.3) is 0 Å². The van der Waals surface area contributed by atoms with E-state index in [0.717, 1.165) is 0 Å². The highest BCUT2D eigenvalue weighted by atomic mass is 16.6. The molecule has 138 valence electrons. The van der Waals surface area contributed by atoms with Gasteiger partial charge in [-0.3, -0.25) is 4.79 Å². The van der Waals surface area contributed by atoms with Crippen molar-refractivity contribution in [2.45, 2.75) is 38.1 Å². The van der Waals surface area contributed by atoms with Crippen LogP contribution in [-0.4, -0.2) is 47.2 Å². The first-order valence-corrected chi connectivity index (χ1v) is 8.19. The van der Waals surface area contributed by atoms with E-state index in [2.05, 4.69) is 13.2 Å². The van der Waals surface area contributed by atoms with Crippen LogP contribution in [0, 0.1) is 5.92 Å². The Kier molecular flexibility index (Phi) is 4.36. The van der Waals surface area contributed by atoms with Crippen LogP contribution in [0.3, 0.4) is 0 Å². The topological polar surface area (TPSA) is 99.1 Å². The fourth-order valence-electron chi connectivity index (χ4n) is 3.35. The van der Waals surface area contributed by atoms with Crippen molar-refractivity contribution in [3.05, 3.63) is 47.8 Å². The SMILES string of the molecule is C=C(C)C(=O)O[C@H]1/C=C(/CO)C2=CC(=O)[C@@](C)(C[C@@H]3OC(=O)C(=C)[C@@H]13)O2. The van der Waals surface area contributed by atoms with E-state index in [1.54, 1.807) is 6.92 Å². The Morgan fingerprint density at radius 2 is 2.15 bits per heavy atom. The van der Waals surface area contributed by atoms with Crippen LogP contribution in [0.5, 0.6) is 0 Å². The fourth-order valence-corrected chi connectivity index (χ4v) is 3.35. The largest absolute Gasteiger partial charge is 0.479 e. The zero-order valence-corrected chi connectivity index (χ0v) is 14.6. The van der Waals surface area contributed by atoms with Crippen molar-refractivity contribution in [2.75, 3.05) is 6.61 Å². The molecule has 7 heteroatoms. The maximum Gasteiger partial charge on any atom is 0.334 e. The van der Waals surface area contributed by atoms with Gasteiger partial charge in [0.2, 0.25) is 5.78 Å². The normalized spacial score (nSPS) is 35.0. The Bertz CT molecular complexity index is 788. The molecule has 0 aromatic rings.